The Morgan fingerprint density at radius 3 is 2.73 bits per heavy atom. The van der Waals surface area contributed by atoms with E-state index in [0.717, 1.165) is 29.5 Å². The summed E-state index contributed by atoms with van der Waals surface area (Å²) in [6, 6.07) is 12.2. The van der Waals surface area contributed by atoms with Crippen molar-refractivity contribution in [2.24, 2.45) is 5.73 Å². The highest BCUT2D eigenvalue weighted by Gasteiger charge is 2.33. The van der Waals surface area contributed by atoms with Crippen LogP contribution < -0.4 is 5.73 Å². The number of carbonyl (C=O) groups is 1. The summed E-state index contributed by atoms with van der Waals surface area (Å²) in [5.74, 6) is 0.0364. The van der Waals surface area contributed by atoms with E-state index in [1.807, 2.05) is 29.3 Å². The first-order chi connectivity index (χ1) is 10.6. The van der Waals surface area contributed by atoms with Gasteiger partial charge in [0.1, 0.15) is 0 Å². The summed E-state index contributed by atoms with van der Waals surface area (Å²) in [6.07, 6.45) is 5.79. The van der Waals surface area contributed by atoms with E-state index >= 15 is 0 Å². The molecule has 4 heteroatoms. The van der Waals surface area contributed by atoms with Crippen molar-refractivity contribution < 1.29 is 4.79 Å². The lowest BCUT2D eigenvalue weighted by molar-refractivity contribution is -0.133. The second-order valence-corrected chi connectivity index (χ2v) is 5.93. The number of nitrogens with two attached hydrogens (primary N) is 1. The van der Waals surface area contributed by atoms with Crippen LogP contribution in [-0.2, 0) is 11.3 Å². The Bertz CT molecular complexity index is 650. The Morgan fingerprint density at radius 2 is 2.09 bits per heavy atom. The first-order valence-electron chi connectivity index (χ1n) is 7.70. The maximum atomic E-state index is 12.3. The van der Waals surface area contributed by atoms with Crippen molar-refractivity contribution >= 4 is 5.91 Å². The first-order valence-corrected chi connectivity index (χ1v) is 7.70. The van der Waals surface area contributed by atoms with Gasteiger partial charge in [-0.3, -0.25) is 9.78 Å². The Labute approximate surface area is 131 Å². The Balaban J connectivity index is 1.81. The van der Waals surface area contributed by atoms with E-state index in [1.165, 1.54) is 0 Å². The van der Waals surface area contributed by atoms with Crippen molar-refractivity contribution in [1.29, 1.82) is 0 Å². The van der Waals surface area contributed by atoms with Crippen LogP contribution in [0.4, 0.5) is 0 Å². The topological polar surface area (TPSA) is 59.2 Å². The maximum Gasteiger partial charge on any atom is 0.239 e. The molecular weight excluding hydrogens is 274 g/mol. The zero-order chi connectivity index (χ0) is 15.5. The molecule has 1 aromatic carbocycles. The van der Waals surface area contributed by atoms with Crippen LogP contribution in [0, 0.1) is 0 Å². The standard InChI is InChI=1S/C18H21N3O/c1-13(19)18(22)21(17-7-8-17)12-14-4-2-5-15(10-14)16-6-3-9-20-11-16/h2-6,9-11,13,17H,7-8,12,19H2,1H3. The number of benzene rings is 1. The molecule has 114 valence electrons. The van der Waals surface area contributed by atoms with Crippen molar-refractivity contribution in [3.63, 3.8) is 0 Å². The summed E-state index contributed by atoms with van der Waals surface area (Å²) < 4.78 is 0. The van der Waals surface area contributed by atoms with Gasteiger partial charge in [0.2, 0.25) is 5.91 Å². The lowest BCUT2D eigenvalue weighted by atomic mass is 10.0. The summed E-state index contributed by atoms with van der Waals surface area (Å²) in [5, 5.41) is 0. The van der Waals surface area contributed by atoms with Gasteiger partial charge in [-0.1, -0.05) is 24.3 Å². The molecule has 2 aromatic rings. The Kier molecular flexibility index (Phi) is 4.20. The second kappa shape index (κ2) is 6.28. The largest absolute Gasteiger partial charge is 0.334 e. The van der Waals surface area contributed by atoms with Gasteiger partial charge in [0.05, 0.1) is 6.04 Å². The quantitative estimate of drug-likeness (QED) is 0.922. The van der Waals surface area contributed by atoms with Gasteiger partial charge in [0.15, 0.2) is 0 Å². The third-order valence-electron chi connectivity index (χ3n) is 3.94. The summed E-state index contributed by atoms with van der Waals surface area (Å²) in [5.41, 5.74) is 9.11. The molecule has 0 radical (unpaired) electrons. The molecule has 1 unspecified atom stereocenters. The molecule has 1 saturated carbocycles. The molecule has 22 heavy (non-hydrogen) atoms. The van der Waals surface area contributed by atoms with Crippen molar-refractivity contribution in [3.05, 3.63) is 54.4 Å². The van der Waals surface area contributed by atoms with Gasteiger partial charge in [0, 0.05) is 25.0 Å². The van der Waals surface area contributed by atoms with Crippen LogP contribution in [0.3, 0.4) is 0 Å². The molecule has 1 fully saturated rings. The minimum Gasteiger partial charge on any atom is -0.334 e. The fourth-order valence-corrected chi connectivity index (χ4v) is 2.61. The molecule has 0 saturated heterocycles. The highest BCUT2D eigenvalue weighted by Crippen LogP contribution is 2.29. The average molecular weight is 295 g/mol. The average Bonchev–Trinajstić information content (AvgIpc) is 3.38. The normalized spacial score (nSPS) is 15.4. The number of aromatic nitrogens is 1. The minimum absolute atomic E-state index is 0.0364. The van der Waals surface area contributed by atoms with Crippen molar-refractivity contribution in [3.8, 4) is 11.1 Å². The number of amides is 1. The molecule has 1 aliphatic rings. The van der Waals surface area contributed by atoms with Crippen molar-refractivity contribution in [1.82, 2.24) is 9.88 Å². The molecule has 1 aliphatic carbocycles. The zero-order valence-corrected chi connectivity index (χ0v) is 12.8. The van der Waals surface area contributed by atoms with E-state index < -0.39 is 6.04 Å². The molecule has 3 rings (SSSR count). The van der Waals surface area contributed by atoms with Gasteiger partial charge in [-0.25, -0.2) is 0 Å². The Morgan fingerprint density at radius 1 is 1.32 bits per heavy atom. The number of hydrogen-bond acceptors (Lipinski definition) is 3. The molecule has 0 bridgehead atoms. The SMILES string of the molecule is CC(N)C(=O)N(Cc1cccc(-c2cccnc2)c1)C1CC1. The van der Waals surface area contributed by atoms with Gasteiger partial charge >= 0.3 is 0 Å². The molecular formula is C18H21N3O. The predicted molar refractivity (Wildman–Crippen MR) is 86.9 cm³/mol. The number of rotatable bonds is 5. The highest BCUT2D eigenvalue weighted by atomic mass is 16.2. The fourth-order valence-electron chi connectivity index (χ4n) is 2.61. The molecule has 1 aromatic heterocycles. The summed E-state index contributed by atoms with van der Waals surface area (Å²) in [7, 11) is 0. The van der Waals surface area contributed by atoms with E-state index in [0.29, 0.717) is 12.6 Å². The molecule has 0 aliphatic heterocycles. The van der Waals surface area contributed by atoms with E-state index in [4.69, 9.17) is 5.73 Å². The van der Waals surface area contributed by atoms with E-state index in [9.17, 15) is 4.79 Å². The molecule has 1 heterocycles. The lowest BCUT2D eigenvalue weighted by Crippen LogP contribution is -2.42. The molecule has 2 N–H and O–H groups in total. The van der Waals surface area contributed by atoms with Gasteiger partial charge in [0.25, 0.3) is 0 Å². The van der Waals surface area contributed by atoms with Crippen LogP contribution in [0.2, 0.25) is 0 Å². The fraction of sp³-hybridized carbons (Fsp3) is 0.333. The van der Waals surface area contributed by atoms with Gasteiger partial charge in [-0.15, -0.1) is 0 Å². The second-order valence-electron chi connectivity index (χ2n) is 5.93. The molecule has 1 amide bonds. The predicted octanol–water partition coefficient (Wildman–Crippen LogP) is 2.59. The van der Waals surface area contributed by atoms with Gasteiger partial charge < -0.3 is 10.6 Å². The zero-order valence-electron chi connectivity index (χ0n) is 12.8. The van der Waals surface area contributed by atoms with Gasteiger partial charge in [-0.2, -0.15) is 0 Å². The van der Waals surface area contributed by atoms with Crippen LogP contribution in [-0.4, -0.2) is 27.9 Å². The summed E-state index contributed by atoms with van der Waals surface area (Å²) >= 11 is 0. The third kappa shape index (κ3) is 3.34. The van der Waals surface area contributed by atoms with Crippen LogP contribution in [0.5, 0.6) is 0 Å². The van der Waals surface area contributed by atoms with Crippen LogP contribution >= 0.6 is 0 Å². The number of hydrogen-bond donors (Lipinski definition) is 1. The first kappa shape index (κ1) is 14.7. The van der Waals surface area contributed by atoms with Crippen LogP contribution in [0.15, 0.2) is 48.8 Å². The lowest BCUT2D eigenvalue weighted by Gasteiger charge is -2.24. The molecule has 0 spiro atoms. The number of nitrogens with zero attached hydrogens (tertiary/aromatic N) is 2. The third-order valence-corrected chi connectivity index (χ3v) is 3.94. The van der Waals surface area contributed by atoms with Crippen LogP contribution in [0.1, 0.15) is 25.3 Å². The van der Waals surface area contributed by atoms with Crippen molar-refractivity contribution in [2.45, 2.75) is 38.4 Å². The minimum atomic E-state index is -0.442. The van der Waals surface area contributed by atoms with E-state index in [2.05, 4.69) is 23.2 Å². The molecule has 4 nitrogen and oxygen atoms in total. The van der Waals surface area contributed by atoms with Crippen molar-refractivity contribution in [2.75, 3.05) is 0 Å². The monoisotopic (exact) mass is 295 g/mol. The summed E-state index contributed by atoms with van der Waals surface area (Å²) in [6.45, 7) is 2.38. The summed E-state index contributed by atoms with van der Waals surface area (Å²) in [4.78, 5) is 18.4. The highest BCUT2D eigenvalue weighted by molar-refractivity contribution is 5.81. The van der Waals surface area contributed by atoms with E-state index in [1.54, 1.807) is 13.1 Å². The Hall–Kier alpha value is -2.20. The molecule has 1 atom stereocenters. The number of carbonyl (C=O) groups excluding carboxylic acids is 1. The van der Waals surface area contributed by atoms with Crippen LogP contribution in [0.25, 0.3) is 11.1 Å². The van der Waals surface area contributed by atoms with E-state index in [-0.39, 0.29) is 5.91 Å². The number of pyridine rings is 1. The smallest absolute Gasteiger partial charge is 0.239 e. The maximum absolute atomic E-state index is 12.3. The van der Waals surface area contributed by atoms with Gasteiger partial charge in [-0.05, 0) is 48.6 Å².